The summed E-state index contributed by atoms with van der Waals surface area (Å²) in [5.41, 5.74) is 3.00. The van der Waals surface area contributed by atoms with E-state index in [2.05, 4.69) is 34.2 Å². The minimum absolute atomic E-state index is 0.0114. The summed E-state index contributed by atoms with van der Waals surface area (Å²) in [6.07, 6.45) is 2.20. The standard InChI is InChI=1S/C14H20BrNO/c1-4-5-13(15)9-16-14(17)12-7-10(2)6-11(3)8-12/h6-8,13H,4-5,9H2,1-3H3,(H,16,17). The Labute approximate surface area is 112 Å². The van der Waals surface area contributed by atoms with Crippen molar-refractivity contribution in [2.75, 3.05) is 6.54 Å². The summed E-state index contributed by atoms with van der Waals surface area (Å²) in [7, 11) is 0. The van der Waals surface area contributed by atoms with E-state index in [9.17, 15) is 4.79 Å². The predicted molar refractivity (Wildman–Crippen MR) is 75.9 cm³/mol. The number of halogens is 1. The van der Waals surface area contributed by atoms with E-state index in [0.29, 0.717) is 11.4 Å². The molecule has 1 unspecified atom stereocenters. The van der Waals surface area contributed by atoms with Gasteiger partial charge in [-0.15, -0.1) is 0 Å². The van der Waals surface area contributed by atoms with Crippen LogP contribution in [0, 0.1) is 13.8 Å². The van der Waals surface area contributed by atoms with Crippen LogP contribution in [0.3, 0.4) is 0 Å². The second kappa shape index (κ2) is 6.80. The van der Waals surface area contributed by atoms with Crippen LogP contribution in [0.15, 0.2) is 18.2 Å². The molecule has 3 heteroatoms. The van der Waals surface area contributed by atoms with E-state index in [1.807, 2.05) is 26.0 Å². The van der Waals surface area contributed by atoms with E-state index < -0.39 is 0 Å². The number of benzene rings is 1. The van der Waals surface area contributed by atoms with Crippen LogP contribution in [0.4, 0.5) is 0 Å². The second-order valence-electron chi connectivity index (χ2n) is 4.47. The van der Waals surface area contributed by atoms with Crippen molar-refractivity contribution in [2.45, 2.75) is 38.4 Å². The van der Waals surface area contributed by atoms with Crippen LogP contribution in [-0.4, -0.2) is 17.3 Å². The topological polar surface area (TPSA) is 29.1 Å². The van der Waals surface area contributed by atoms with Crippen molar-refractivity contribution >= 4 is 21.8 Å². The summed E-state index contributed by atoms with van der Waals surface area (Å²) < 4.78 is 0. The van der Waals surface area contributed by atoms with Crippen molar-refractivity contribution in [1.29, 1.82) is 0 Å². The molecule has 1 amide bonds. The van der Waals surface area contributed by atoms with Gasteiger partial charge in [0, 0.05) is 16.9 Å². The first-order valence-electron chi connectivity index (χ1n) is 6.03. The zero-order chi connectivity index (χ0) is 12.8. The van der Waals surface area contributed by atoms with Crippen LogP contribution in [0.1, 0.15) is 41.3 Å². The molecule has 0 aliphatic carbocycles. The van der Waals surface area contributed by atoms with Crippen LogP contribution >= 0.6 is 15.9 Å². The summed E-state index contributed by atoms with van der Waals surface area (Å²) in [6.45, 7) is 6.84. The molecular formula is C14H20BrNO. The Kier molecular flexibility index (Phi) is 5.69. The summed E-state index contributed by atoms with van der Waals surface area (Å²) in [5.74, 6) is 0.0114. The zero-order valence-electron chi connectivity index (χ0n) is 10.7. The number of carbonyl (C=O) groups excluding carboxylic acids is 1. The average Bonchev–Trinajstić information content (AvgIpc) is 2.25. The molecule has 94 valence electrons. The van der Waals surface area contributed by atoms with Crippen LogP contribution < -0.4 is 5.32 Å². The molecule has 0 heterocycles. The van der Waals surface area contributed by atoms with E-state index in [0.717, 1.165) is 29.5 Å². The van der Waals surface area contributed by atoms with E-state index >= 15 is 0 Å². The number of alkyl halides is 1. The monoisotopic (exact) mass is 297 g/mol. The molecule has 1 rings (SSSR count). The predicted octanol–water partition coefficient (Wildman–Crippen LogP) is 3.60. The van der Waals surface area contributed by atoms with Crippen molar-refractivity contribution in [2.24, 2.45) is 0 Å². The van der Waals surface area contributed by atoms with Crippen molar-refractivity contribution in [3.8, 4) is 0 Å². The van der Waals surface area contributed by atoms with E-state index in [4.69, 9.17) is 0 Å². The molecule has 0 saturated carbocycles. The van der Waals surface area contributed by atoms with Gasteiger partial charge in [-0.05, 0) is 32.4 Å². The lowest BCUT2D eigenvalue weighted by Gasteiger charge is -2.10. The highest BCUT2D eigenvalue weighted by molar-refractivity contribution is 9.09. The van der Waals surface area contributed by atoms with Gasteiger partial charge in [0.2, 0.25) is 0 Å². The number of nitrogens with one attached hydrogen (secondary N) is 1. The Bertz CT molecular complexity index is 370. The summed E-state index contributed by atoms with van der Waals surface area (Å²) >= 11 is 3.55. The maximum atomic E-state index is 11.9. The van der Waals surface area contributed by atoms with Gasteiger partial charge in [0.15, 0.2) is 0 Å². The fourth-order valence-electron chi connectivity index (χ4n) is 1.83. The largest absolute Gasteiger partial charge is 0.351 e. The van der Waals surface area contributed by atoms with Crippen molar-refractivity contribution in [3.63, 3.8) is 0 Å². The Balaban J connectivity index is 2.58. The van der Waals surface area contributed by atoms with Gasteiger partial charge in [-0.2, -0.15) is 0 Å². The SMILES string of the molecule is CCCC(Br)CNC(=O)c1cc(C)cc(C)c1. The Morgan fingerprint density at radius 2 is 1.88 bits per heavy atom. The molecule has 1 atom stereocenters. The molecule has 1 aromatic carbocycles. The lowest BCUT2D eigenvalue weighted by molar-refractivity contribution is 0.0953. The van der Waals surface area contributed by atoms with Gasteiger partial charge in [0.1, 0.15) is 0 Å². The Morgan fingerprint density at radius 1 is 1.29 bits per heavy atom. The van der Waals surface area contributed by atoms with Gasteiger partial charge in [-0.3, -0.25) is 4.79 Å². The lowest BCUT2D eigenvalue weighted by Crippen LogP contribution is -2.29. The molecule has 0 fully saturated rings. The molecule has 0 bridgehead atoms. The van der Waals surface area contributed by atoms with Gasteiger partial charge in [-0.1, -0.05) is 46.5 Å². The lowest BCUT2D eigenvalue weighted by atomic mass is 10.1. The number of carbonyl (C=O) groups is 1. The van der Waals surface area contributed by atoms with E-state index in [-0.39, 0.29) is 5.91 Å². The van der Waals surface area contributed by atoms with Gasteiger partial charge < -0.3 is 5.32 Å². The molecule has 0 spiro atoms. The quantitative estimate of drug-likeness (QED) is 0.827. The zero-order valence-corrected chi connectivity index (χ0v) is 12.3. The molecule has 1 N–H and O–H groups in total. The fourth-order valence-corrected chi connectivity index (χ4v) is 2.45. The highest BCUT2D eigenvalue weighted by Gasteiger charge is 2.08. The number of aryl methyl sites for hydroxylation is 2. The fraction of sp³-hybridized carbons (Fsp3) is 0.500. The third-order valence-electron chi connectivity index (χ3n) is 2.57. The molecule has 17 heavy (non-hydrogen) atoms. The first-order valence-corrected chi connectivity index (χ1v) is 6.95. The number of rotatable bonds is 5. The molecule has 1 aromatic rings. The van der Waals surface area contributed by atoms with Crippen LogP contribution in [-0.2, 0) is 0 Å². The van der Waals surface area contributed by atoms with Crippen molar-refractivity contribution in [3.05, 3.63) is 34.9 Å². The van der Waals surface area contributed by atoms with Gasteiger partial charge >= 0.3 is 0 Å². The van der Waals surface area contributed by atoms with Crippen molar-refractivity contribution in [1.82, 2.24) is 5.32 Å². The van der Waals surface area contributed by atoms with Gasteiger partial charge in [-0.25, -0.2) is 0 Å². The number of amides is 1. The molecule has 0 radical (unpaired) electrons. The Morgan fingerprint density at radius 3 is 2.41 bits per heavy atom. The third kappa shape index (κ3) is 4.90. The van der Waals surface area contributed by atoms with E-state index in [1.165, 1.54) is 0 Å². The van der Waals surface area contributed by atoms with Gasteiger partial charge in [0.25, 0.3) is 5.91 Å². The maximum absolute atomic E-state index is 11.9. The normalized spacial score (nSPS) is 12.2. The van der Waals surface area contributed by atoms with Crippen LogP contribution in [0.25, 0.3) is 0 Å². The molecule has 0 aromatic heterocycles. The number of hydrogen-bond donors (Lipinski definition) is 1. The molecule has 2 nitrogen and oxygen atoms in total. The van der Waals surface area contributed by atoms with Crippen molar-refractivity contribution < 1.29 is 4.79 Å². The first kappa shape index (κ1) is 14.2. The first-order chi connectivity index (χ1) is 8.02. The molecule has 0 aliphatic heterocycles. The summed E-state index contributed by atoms with van der Waals surface area (Å²) in [4.78, 5) is 12.3. The smallest absolute Gasteiger partial charge is 0.251 e. The molecular weight excluding hydrogens is 278 g/mol. The third-order valence-corrected chi connectivity index (χ3v) is 3.35. The minimum atomic E-state index is 0.0114. The number of hydrogen-bond acceptors (Lipinski definition) is 1. The Hall–Kier alpha value is -0.830. The summed E-state index contributed by atoms with van der Waals surface area (Å²) in [5, 5.41) is 2.95. The van der Waals surface area contributed by atoms with Crippen LogP contribution in [0.5, 0.6) is 0 Å². The second-order valence-corrected chi connectivity index (χ2v) is 5.77. The van der Waals surface area contributed by atoms with E-state index in [1.54, 1.807) is 0 Å². The average molecular weight is 298 g/mol. The summed E-state index contributed by atoms with van der Waals surface area (Å²) in [6, 6.07) is 5.91. The van der Waals surface area contributed by atoms with Crippen LogP contribution in [0.2, 0.25) is 0 Å². The maximum Gasteiger partial charge on any atom is 0.251 e. The van der Waals surface area contributed by atoms with Gasteiger partial charge in [0.05, 0.1) is 0 Å². The molecule has 0 aliphatic rings. The highest BCUT2D eigenvalue weighted by atomic mass is 79.9. The highest BCUT2D eigenvalue weighted by Crippen LogP contribution is 2.10. The molecule has 0 saturated heterocycles. The minimum Gasteiger partial charge on any atom is -0.351 e.